The molecule has 3 heteroatoms. The standard InChI is InChI=1S/C16H24N2O/c1-3-7-14(2)16(19)18-12-10-17(11-13-18)15-8-5-4-6-9-15/h4-6,8-9,14H,3,7,10-13H2,1-2H3/t14-/m1/s1. The fraction of sp³-hybridized carbons (Fsp3) is 0.562. The van der Waals surface area contributed by atoms with Crippen molar-refractivity contribution in [3.8, 4) is 0 Å². The van der Waals surface area contributed by atoms with Crippen LogP contribution in [0.4, 0.5) is 5.69 Å². The Hall–Kier alpha value is -1.51. The molecule has 2 rings (SSSR count). The van der Waals surface area contributed by atoms with E-state index < -0.39 is 0 Å². The van der Waals surface area contributed by atoms with Crippen molar-refractivity contribution >= 4 is 11.6 Å². The highest BCUT2D eigenvalue weighted by Crippen LogP contribution is 2.17. The molecule has 0 aliphatic carbocycles. The van der Waals surface area contributed by atoms with Crippen LogP contribution in [0.2, 0.25) is 0 Å². The largest absolute Gasteiger partial charge is 0.368 e. The molecule has 1 aliphatic rings. The predicted octanol–water partition coefficient (Wildman–Crippen LogP) is 2.77. The summed E-state index contributed by atoms with van der Waals surface area (Å²) in [5.41, 5.74) is 1.26. The van der Waals surface area contributed by atoms with Crippen LogP contribution in [0.1, 0.15) is 26.7 Å². The van der Waals surface area contributed by atoms with E-state index in [0.717, 1.165) is 39.0 Å². The molecule has 3 nitrogen and oxygen atoms in total. The number of nitrogens with zero attached hydrogens (tertiary/aromatic N) is 2. The highest BCUT2D eigenvalue weighted by atomic mass is 16.2. The monoisotopic (exact) mass is 260 g/mol. The van der Waals surface area contributed by atoms with Gasteiger partial charge >= 0.3 is 0 Å². The van der Waals surface area contributed by atoms with Gasteiger partial charge in [0, 0.05) is 37.8 Å². The van der Waals surface area contributed by atoms with Gasteiger partial charge in [0.1, 0.15) is 0 Å². The smallest absolute Gasteiger partial charge is 0.225 e. The molecule has 19 heavy (non-hydrogen) atoms. The lowest BCUT2D eigenvalue weighted by molar-refractivity contribution is -0.135. The Balaban J connectivity index is 1.87. The van der Waals surface area contributed by atoms with Crippen molar-refractivity contribution in [1.29, 1.82) is 0 Å². The van der Waals surface area contributed by atoms with E-state index >= 15 is 0 Å². The molecule has 0 radical (unpaired) electrons. The Kier molecular flexibility index (Phi) is 4.83. The lowest BCUT2D eigenvalue weighted by Gasteiger charge is -2.37. The topological polar surface area (TPSA) is 23.6 Å². The number of benzene rings is 1. The fourth-order valence-corrected chi connectivity index (χ4v) is 2.69. The van der Waals surface area contributed by atoms with Gasteiger partial charge in [-0.05, 0) is 18.6 Å². The average Bonchev–Trinajstić information content (AvgIpc) is 2.48. The van der Waals surface area contributed by atoms with Crippen molar-refractivity contribution in [2.45, 2.75) is 26.7 Å². The van der Waals surface area contributed by atoms with Gasteiger partial charge in [-0.25, -0.2) is 0 Å². The number of carbonyl (C=O) groups is 1. The third kappa shape index (κ3) is 3.49. The molecule has 1 fully saturated rings. The third-order valence-corrected chi connectivity index (χ3v) is 3.86. The van der Waals surface area contributed by atoms with E-state index in [1.807, 2.05) is 11.0 Å². The molecule has 0 saturated carbocycles. The van der Waals surface area contributed by atoms with Crippen molar-refractivity contribution in [1.82, 2.24) is 4.90 Å². The zero-order valence-corrected chi connectivity index (χ0v) is 12.0. The Bertz CT molecular complexity index is 396. The molecule has 1 aliphatic heterocycles. The van der Waals surface area contributed by atoms with Crippen LogP contribution in [0.15, 0.2) is 30.3 Å². The minimum Gasteiger partial charge on any atom is -0.368 e. The van der Waals surface area contributed by atoms with Gasteiger partial charge in [0.05, 0.1) is 0 Å². The van der Waals surface area contributed by atoms with Crippen LogP contribution >= 0.6 is 0 Å². The summed E-state index contributed by atoms with van der Waals surface area (Å²) in [6.07, 6.45) is 2.08. The molecule has 0 aromatic heterocycles. The first-order chi connectivity index (χ1) is 9.22. The summed E-state index contributed by atoms with van der Waals surface area (Å²) in [6.45, 7) is 7.76. The Morgan fingerprint density at radius 3 is 2.37 bits per heavy atom. The Morgan fingerprint density at radius 2 is 1.79 bits per heavy atom. The van der Waals surface area contributed by atoms with Crippen LogP contribution in [0.25, 0.3) is 0 Å². The first-order valence-corrected chi connectivity index (χ1v) is 7.31. The highest BCUT2D eigenvalue weighted by Gasteiger charge is 2.24. The fourth-order valence-electron chi connectivity index (χ4n) is 2.69. The van der Waals surface area contributed by atoms with E-state index in [4.69, 9.17) is 0 Å². The molecular weight excluding hydrogens is 236 g/mol. The van der Waals surface area contributed by atoms with Crippen molar-refractivity contribution in [2.75, 3.05) is 31.1 Å². The van der Waals surface area contributed by atoms with E-state index in [2.05, 4.69) is 43.0 Å². The molecule has 0 spiro atoms. The highest BCUT2D eigenvalue weighted by molar-refractivity contribution is 5.78. The van der Waals surface area contributed by atoms with Crippen LogP contribution in [-0.2, 0) is 4.79 Å². The minimum atomic E-state index is 0.174. The third-order valence-electron chi connectivity index (χ3n) is 3.86. The van der Waals surface area contributed by atoms with E-state index in [1.54, 1.807) is 0 Å². The average molecular weight is 260 g/mol. The van der Waals surface area contributed by atoms with Gasteiger partial charge in [-0.2, -0.15) is 0 Å². The van der Waals surface area contributed by atoms with Crippen molar-refractivity contribution in [2.24, 2.45) is 5.92 Å². The molecule has 1 saturated heterocycles. The predicted molar refractivity (Wildman–Crippen MR) is 79.3 cm³/mol. The summed E-state index contributed by atoms with van der Waals surface area (Å²) < 4.78 is 0. The molecule has 0 N–H and O–H groups in total. The van der Waals surface area contributed by atoms with Gasteiger partial charge < -0.3 is 9.80 Å². The quantitative estimate of drug-likeness (QED) is 0.831. The zero-order valence-electron chi connectivity index (χ0n) is 12.0. The lowest BCUT2D eigenvalue weighted by Crippen LogP contribution is -2.50. The van der Waals surface area contributed by atoms with E-state index in [-0.39, 0.29) is 5.92 Å². The van der Waals surface area contributed by atoms with Gasteiger partial charge in [-0.1, -0.05) is 38.5 Å². The summed E-state index contributed by atoms with van der Waals surface area (Å²) in [5.74, 6) is 0.503. The van der Waals surface area contributed by atoms with E-state index in [9.17, 15) is 4.79 Å². The molecule has 0 bridgehead atoms. The summed E-state index contributed by atoms with van der Waals surface area (Å²) >= 11 is 0. The van der Waals surface area contributed by atoms with Gasteiger partial charge in [0.25, 0.3) is 0 Å². The number of amides is 1. The Labute approximate surface area is 116 Å². The van der Waals surface area contributed by atoms with Crippen molar-refractivity contribution in [3.05, 3.63) is 30.3 Å². The molecule has 1 atom stereocenters. The maximum absolute atomic E-state index is 12.2. The van der Waals surface area contributed by atoms with Crippen molar-refractivity contribution in [3.63, 3.8) is 0 Å². The van der Waals surface area contributed by atoms with E-state index in [0.29, 0.717) is 5.91 Å². The number of anilines is 1. The van der Waals surface area contributed by atoms with Crippen LogP contribution in [-0.4, -0.2) is 37.0 Å². The van der Waals surface area contributed by atoms with Crippen LogP contribution in [0.5, 0.6) is 0 Å². The number of para-hydroxylation sites is 1. The molecule has 1 heterocycles. The normalized spacial score (nSPS) is 17.4. The second-order valence-electron chi connectivity index (χ2n) is 5.34. The number of carbonyl (C=O) groups excluding carboxylic acids is 1. The van der Waals surface area contributed by atoms with Crippen LogP contribution in [0, 0.1) is 5.92 Å². The van der Waals surface area contributed by atoms with E-state index in [1.165, 1.54) is 5.69 Å². The maximum Gasteiger partial charge on any atom is 0.225 e. The van der Waals surface area contributed by atoms with Gasteiger partial charge in [-0.3, -0.25) is 4.79 Å². The number of hydrogen-bond donors (Lipinski definition) is 0. The summed E-state index contributed by atoms with van der Waals surface area (Å²) in [6, 6.07) is 10.4. The summed E-state index contributed by atoms with van der Waals surface area (Å²) in [7, 11) is 0. The molecule has 1 aromatic rings. The first kappa shape index (κ1) is 13.9. The second kappa shape index (κ2) is 6.60. The van der Waals surface area contributed by atoms with Gasteiger partial charge in [-0.15, -0.1) is 0 Å². The van der Waals surface area contributed by atoms with Gasteiger partial charge in [0.15, 0.2) is 0 Å². The number of rotatable bonds is 4. The zero-order chi connectivity index (χ0) is 13.7. The molecule has 1 aromatic carbocycles. The summed E-state index contributed by atoms with van der Waals surface area (Å²) in [5, 5.41) is 0. The SMILES string of the molecule is CCC[C@@H](C)C(=O)N1CCN(c2ccccc2)CC1. The molecule has 0 unspecified atom stereocenters. The van der Waals surface area contributed by atoms with Crippen LogP contribution < -0.4 is 4.90 Å². The molecule has 1 amide bonds. The molecule has 104 valence electrons. The van der Waals surface area contributed by atoms with Gasteiger partial charge in [0.2, 0.25) is 5.91 Å². The number of hydrogen-bond acceptors (Lipinski definition) is 2. The first-order valence-electron chi connectivity index (χ1n) is 7.31. The molecular formula is C16H24N2O. The Morgan fingerprint density at radius 1 is 1.16 bits per heavy atom. The second-order valence-corrected chi connectivity index (χ2v) is 5.34. The minimum absolute atomic E-state index is 0.174. The lowest BCUT2D eigenvalue weighted by atomic mass is 10.0. The van der Waals surface area contributed by atoms with Crippen LogP contribution in [0.3, 0.4) is 0 Å². The maximum atomic E-state index is 12.2. The summed E-state index contributed by atoms with van der Waals surface area (Å²) in [4.78, 5) is 16.6. The number of piperazine rings is 1. The van der Waals surface area contributed by atoms with Crippen molar-refractivity contribution < 1.29 is 4.79 Å².